The first-order valence-electron chi connectivity index (χ1n) is 13.6. The van der Waals surface area contributed by atoms with Crippen LogP contribution >= 0.6 is 23.1 Å². The maximum Gasteiger partial charge on any atom is 0.418 e. The normalized spacial score (nSPS) is 19.3. The number of anilines is 3. The maximum absolute atomic E-state index is 13.9. The van der Waals surface area contributed by atoms with Crippen LogP contribution in [0.1, 0.15) is 21.9 Å². The van der Waals surface area contributed by atoms with Crippen molar-refractivity contribution in [1.82, 2.24) is 4.57 Å². The number of fused-ring (bicyclic) bond motifs is 2. The van der Waals surface area contributed by atoms with Gasteiger partial charge in [-0.1, -0.05) is 47.4 Å². The Hall–Kier alpha value is -4.43. The molecule has 1 fully saturated rings. The molecule has 3 heterocycles. The number of imide groups is 1. The van der Waals surface area contributed by atoms with Gasteiger partial charge in [0.25, 0.3) is 0 Å². The third-order valence-electron chi connectivity index (χ3n) is 7.71. The summed E-state index contributed by atoms with van der Waals surface area (Å²) in [4.78, 5) is 56.9. The summed E-state index contributed by atoms with van der Waals surface area (Å²) >= 11 is 1.79. The summed E-state index contributed by atoms with van der Waals surface area (Å²) in [7, 11) is 3.73. The highest BCUT2D eigenvalue weighted by Crippen LogP contribution is 2.54. The highest BCUT2D eigenvalue weighted by atomic mass is 32.2. The number of hydrogen-bond acceptors (Lipinski definition) is 7. The number of nitrogens with one attached hydrogen (secondary N) is 1. The van der Waals surface area contributed by atoms with E-state index in [1.54, 1.807) is 0 Å². The van der Waals surface area contributed by atoms with Crippen molar-refractivity contribution in [3.63, 3.8) is 0 Å². The van der Waals surface area contributed by atoms with Crippen molar-refractivity contribution < 1.29 is 31.9 Å². The molecule has 0 spiro atoms. The Balaban J connectivity index is 1.40. The van der Waals surface area contributed by atoms with Gasteiger partial charge in [-0.15, -0.1) is 0 Å². The lowest BCUT2D eigenvalue weighted by molar-refractivity contribution is -0.137. The van der Waals surface area contributed by atoms with Crippen molar-refractivity contribution >= 4 is 57.9 Å². The molecule has 2 aliphatic rings. The molecular weight excluding hydrogens is 632 g/mol. The Bertz CT molecular complexity index is 1870. The molecule has 3 atom stereocenters. The first-order valence-corrected chi connectivity index (χ1v) is 15.3. The topological polar surface area (TPSA) is 91.7 Å². The number of thiazole rings is 1. The van der Waals surface area contributed by atoms with Crippen molar-refractivity contribution in [2.45, 2.75) is 28.9 Å². The average Bonchev–Trinajstić information content (AvgIpc) is 3.43. The number of aromatic nitrogens is 1. The van der Waals surface area contributed by atoms with E-state index in [-0.39, 0.29) is 10.7 Å². The standard InChI is InChI=1S/C31H24F4N4O4S2/c1-37(2)18-11-7-16(8-12-18)23-24-25(28(42)39(27(24)41)19-13-9-17(32)10-14-19)44-29-26(23)45-30(43)38(29)15-22(40)36-21-6-4-3-5-20(21)31(33,34)35/h3-14,23-25H,15H2,1-2H3,(H,36,40). The lowest BCUT2D eigenvalue weighted by atomic mass is 9.83. The molecule has 3 amide bonds. The van der Waals surface area contributed by atoms with Gasteiger partial charge in [0.1, 0.15) is 17.6 Å². The van der Waals surface area contributed by atoms with Gasteiger partial charge in [-0.05, 0) is 54.1 Å². The predicted octanol–water partition coefficient (Wildman–Crippen LogP) is 5.57. The molecule has 0 bridgehead atoms. The number of para-hydroxylation sites is 1. The van der Waals surface area contributed by atoms with E-state index in [4.69, 9.17) is 0 Å². The minimum Gasteiger partial charge on any atom is -0.378 e. The zero-order chi connectivity index (χ0) is 32.2. The molecule has 8 nitrogen and oxygen atoms in total. The van der Waals surface area contributed by atoms with E-state index in [1.807, 2.05) is 43.3 Å². The van der Waals surface area contributed by atoms with Crippen molar-refractivity contribution in [3.05, 3.63) is 104 Å². The van der Waals surface area contributed by atoms with Crippen LogP contribution in [0.2, 0.25) is 0 Å². The van der Waals surface area contributed by atoms with Crippen LogP contribution in [-0.2, 0) is 27.1 Å². The Morgan fingerprint density at radius 1 is 0.933 bits per heavy atom. The monoisotopic (exact) mass is 656 g/mol. The Morgan fingerprint density at radius 3 is 2.24 bits per heavy atom. The van der Waals surface area contributed by atoms with E-state index in [1.165, 1.54) is 24.3 Å². The van der Waals surface area contributed by atoms with Crippen LogP contribution in [0, 0.1) is 11.7 Å². The molecule has 3 aromatic carbocycles. The fourth-order valence-electron chi connectivity index (χ4n) is 5.61. The Kier molecular flexibility index (Phi) is 7.81. The summed E-state index contributed by atoms with van der Waals surface area (Å²) in [6.45, 7) is -0.614. The summed E-state index contributed by atoms with van der Waals surface area (Å²) in [6, 6.07) is 16.8. The number of rotatable bonds is 6. The number of benzene rings is 3. The average molecular weight is 657 g/mol. The largest absolute Gasteiger partial charge is 0.418 e. The molecule has 14 heteroatoms. The third-order valence-corrected chi connectivity index (χ3v) is 10.3. The maximum atomic E-state index is 13.9. The number of alkyl halides is 3. The van der Waals surface area contributed by atoms with Gasteiger partial charge in [0, 0.05) is 30.6 Å². The van der Waals surface area contributed by atoms with E-state index in [0.29, 0.717) is 10.4 Å². The zero-order valence-electron chi connectivity index (χ0n) is 23.7. The van der Waals surface area contributed by atoms with Gasteiger partial charge < -0.3 is 10.2 Å². The van der Waals surface area contributed by atoms with Crippen LogP contribution in [0.5, 0.6) is 0 Å². The molecule has 3 unspecified atom stereocenters. The molecule has 1 saturated heterocycles. The summed E-state index contributed by atoms with van der Waals surface area (Å²) in [5.74, 6) is -4.13. The van der Waals surface area contributed by atoms with Crippen molar-refractivity contribution in [2.24, 2.45) is 5.92 Å². The van der Waals surface area contributed by atoms with Crippen LogP contribution in [0.3, 0.4) is 0 Å². The minimum atomic E-state index is -4.71. The van der Waals surface area contributed by atoms with E-state index in [2.05, 4.69) is 5.32 Å². The molecule has 1 aromatic heterocycles. The van der Waals surface area contributed by atoms with E-state index >= 15 is 0 Å². The van der Waals surface area contributed by atoms with Crippen molar-refractivity contribution in [1.29, 1.82) is 0 Å². The zero-order valence-corrected chi connectivity index (χ0v) is 25.3. The number of carbonyl (C=O) groups excluding carboxylic acids is 3. The number of amides is 3. The predicted molar refractivity (Wildman–Crippen MR) is 163 cm³/mol. The molecule has 232 valence electrons. The van der Waals surface area contributed by atoms with Crippen LogP contribution in [0.15, 0.2) is 82.6 Å². The van der Waals surface area contributed by atoms with Crippen LogP contribution in [0.4, 0.5) is 34.6 Å². The second kappa shape index (κ2) is 11.5. The van der Waals surface area contributed by atoms with Crippen LogP contribution in [-0.4, -0.2) is 41.6 Å². The van der Waals surface area contributed by atoms with Gasteiger partial charge >= 0.3 is 11.0 Å². The number of carbonyl (C=O) groups is 3. The molecule has 2 aliphatic heterocycles. The summed E-state index contributed by atoms with van der Waals surface area (Å²) in [5.41, 5.74) is 0.254. The molecule has 1 N–H and O–H groups in total. The Morgan fingerprint density at radius 2 is 1.60 bits per heavy atom. The highest BCUT2D eigenvalue weighted by Gasteiger charge is 2.56. The first-order chi connectivity index (χ1) is 21.3. The highest BCUT2D eigenvalue weighted by molar-refractivity contribution is 8.00. The fourth-order valence-corrected chi connectivity index (χ4v) is 8.38. The Labute approximate surface area is 262 Å². The lowest BCUT2D eigenvalue weighted by Gasteiger charge is -2.31. The van der Waals surface area contributed by atoms with Crippen LogP contribution in [0.25, 0.3) is 0 Å². The molecule has 4 aromatic rings. The van der Waals surface area contributed by atoms with E-state index < -0.39 is 69.5 Å². The fraction of sp³-hybridized carbons (Fsp3) is 0.226. The van der Waals surface area contributed by atoms with Gasteiger partial charge in [-0.2, -0.15) is 13.2 Å². The van der Waals surface area contributed by atoms with Crippen molar-refractivity contribution in [3.8, 4) is 0 Å². The van der Waals surface area contributed by atoms with Crippen LogP contribution < -0.4 is 20.0 Å². The number of thioether (sulfide) groups is 1. The molecule has 0 radical (unpaired) electrons. The minimum absolute atomic E-state index is 0.201. The lowest BCUT2D eigenvalue weighted by Crippen LogP contribution is -2.33. The SMILES string of the molecule is CN(C)c1ccc(C2c3sc(=O)n(CC(=O)Nc4ccccc4C(F)(F)F)c3SC3C(=O)N(c4ccc(F)cc4)C(=O)C32)cc1. The smallest absolute Gasteiger partial charge is 0.378 e. The quantitative estimate of drug-likeness (QED) is 0.216. The molecule has 0 aliphatic carbocycles. The number of nitrogens with zero attached hydrogens (tertiary/aromatic N) is 3. The van der Waals surface area contributed by atoms with Gasteiger partial charge in [0.15, 0.2) is 0 Å². The van der Waals surface area contributed by atoms with Gasteiger partial charge in [0.05, 0.1) is 27.9 Å². The van der Waals surface area contributed by atoms with Gasteiger partial charge in [-0.3, -0.25) is 23.7 Å². The van der Waals surface area contributed by atoms with Gasteiger partial charge in [0.2, 0.25) is 17.7 Å². The first kappa shape index (κ1) is 30.6. The number of hydrogen-bond donors (Lipinski definition) is 1. The van der Waals surface area contributed by atoms with Crippen molar-refractivity contribution in [2.75, 3.05) is 29.2 Å². The second-order valence-electron chi connectivity index (χ2n) is 10.7. The summed E-state index contributed by atoms with van der Waals surface area (Å²) < 4.78 is 55.3. The molecule has 45 heavy (non-hydrogen) atoms. The van der Waals surface area contributed by atoms with E-state index in [9.17, 15) is 36.7 Å². The molecule has 0 saturated carbocycles. The third kappa shape index (κ3) is 5.52. The number of halogens is 4. The summed E-state index contributed by atoms with van der Waals surface area (Å²) in [6.07, 6.45) is -4.71. The summed E-state index contributed by atoms with van der Waals surface area (Å²) in [5, 5.41) is 1.56. The van der Waals surface area contributed by atoms with E-state index in [0.717, 1.165) is 62.5 Å². The van der Waals surface area contributed by atoms with Gasteiger partial charge in [-0.25, -0.2) is 9.29 Å². The molecule has 6 rings (SSSR count). The second-order valence-corrected chi connectivity index (χ2v) is 12.9. The molecular formula is C31H24F4N4O4S2.